The van der Waals surface area contributed by atoms with E-state index in [2.05, 4.69) is 69.7 Å². The highest BCUT2D eigenvalue weighted by molar-refractivity contribution is 7.11. The summed E-state index contributed by atoms with van der Waals surface area (Å²) in [6, 6.07) is 15.2. The molecular weight excluding hydrogens is 378 g/mol. The van der Waals surface area contributed by atoms with Gasteiger partial charge in [0.15, 0.2) is 0 Å². The summed E-state index contributed by atoms with van der Waals surface area (Å²) < 4.78 is 2.21. The molecule has 29 heavy (non-hydrogen) atoms. The van der Waals surface area contributed by atoms with E-state index in [9.17, 15) is 0 Å². The van der Waals surface area contributed by atoms with E-state index in [-0.39, 0.29) is 0 Å². The number of pyridine rings is 2. The van der Waals surface area contributed by atoms with Crippen LogP contribution in [-0.2, 0) is 6.54 Å². The Labute approximate surface area is 175 Å². The summed E-state index contributed by atoms with van der Waals surface area (Å²) in [5, 5.41) is 0. The first-order chi connectivity index (χ1) is 14.2. The molecule has 4 aromatic heterocycles. The van der Waals surface area contributed by atoms with Gasteiger partial charge >= 0.3 is 0 Å². The average Bonchev–Trinajstić information content (AvgIpc) is 3.35. The Kier molecular flexibility index (Phi) is 4.91. The molecule has 1 fully saturated rings. The van der Waals surface area contributed by atoms with Crippen molar-refractivity contribution in [3.63, 3.8) is 0 Å². The van der Waals surface area contributed by atoms with Crippen molar-refractivity contribution in [3.05, 3.63) is 76.5 Å². The smallest absolute Gasteiger partial charge is 0.137 e. The number of hydrogen-bond donors (Lipinski definition) is 0. The van der Waals surface area contributed by atoms with Crippen LogP contribution >= 0.6 is 11.3 Å². The largest absolute Gasteiger partial charge is 0.299 e. The van der Waals surface area contributed by atoms with Gasteiger partial charge in [0.2, 0.25) is 0 Å². The van der Waals surface area contributed by atoms with Crippen molar-refractivity contribution >= 4 is 17.0 Å². The summed E-state index contributed by atoms with van der Waals surface area (Å²) in [4.78, 5) is 17.0. The van der Waals surface area contributed by atoms with Gasteiger partial charge in [0.1, 0.15) is 5.65 Å². The van der Waals surface area contributed by atoms with Gasteiger partial charge in [0.25, 0.3) is 0 Å². The molecule has 5 nitrogen and oxygen atoms in total. The first-order valence-corrected chi connectivity index (χ1v) is 10.9. The Bertz CT molecular complexity index is 1120. The number of imidazole rings is 1. The van der Waals surface area contributed by atoms with Gasteiger partial charge in [0.05, 0.1) is 17.4 Å². The molecule has 0 bridgehead atoms. The van der Waals surface area contributed by atoms with E-state index in [0.29, 0.717) is 6.04 Å². The highest BCUT2D eigenvalue weighted by Crippen LogP contribution is 2.28. The zero-order valence-corrected chi connectivity index (χ0v) is 17.6. The zero-order chi connectivity index (χ0) is 19.8. The highest BCUT2D eigenvalue weighted by atomic mass is 32.1. The molecule has 0 amide bonds. The Morgan fingerprint density at radius 3 is 2.72 bits per heavy atom. The third-order valence-electron chi connectivity index (χ3n) is 5.74. The van der Waals surface area contributed by atoms with Gasteiger partial charge in [-0.2, -0.15) is 0 Å². The van der Waals surface area contributed by atoms with Gasteiger partial charge in [-0.1, -0.05) is 6.07 Å². The number of piperazine rings is 1. The number of hydrogen-bond acceptors (Lipinski definition) is 5. The molecule has 0 saturated carbocycles. The lowest BCUT2D eigenvalue weighted by molar-refractivity contribution is 0.0892. The van der Waals surface area contributed by atoms with Crippen molar-refractivity contribution in [2.45, 2.75) is 19.5 Å². The molecular formula is C23H25N5S. The summed E-state index contributed by atoms with van der Waals surface area (Å²) in [5.74, 6) is 0. The minimum absolute atomic E-state index is 0.301. The van der Waals surface area contributed by atoms with Crippen LogP contribution < -0.4 is 0 Å². The third kappa shape index (κ3) is 3.71. The van der Waals surface area contributed by atoms with Gasteiger partial charge in [0, 0.05) is 60.1 Å². The molecule has 5 heterocycles. The SMILES string of the molecule is Cc1ccc(CN2CCN(C)C(c3cn4c(-c5ccncc5)cccc4n3)C2)s1. The van der Waals surface area contributed by atoms with Gasteiger partial charge in [-0.15, -0.1) is 11.3 Å². The van der Waals surface area contributed by atoms with Crippen molar-refractivity contribution < 1.29 is 0 Å². The van der Waals surface area contributed by atoms with E-state index in [1.807, 2.05) is 35.9 Å². The highest BCUT2D eigenvalue weighted by Gasteiger charge is 2.28. The molecule has 1 atom stereocenters. The first kappa shape index (κ1) is 18.5. The molecule has 4 aromatic rings. The Morgan fingerprint density at radius 1 is 1.07 bits per heavy atom. The standard InChI is InChI=1S/C23H25N5S/c1-17-6-7-19(29-17)14-27-13-12-26(2)22(16-27)20-15-28-21(4-3-5-23(28)25-20)18-8-10-24-11-9-18/h3-11,15,22H,12-14,16H2,1-2H3. The number of likely N-dealkylation sites (N-methyl/N-ethyl adjacent to an activating group) is 1. The van der Waals surface area contributed by atoms with Crippen LogP contribution in [0.25, 0.3) is 16.9 Å². The monoisotopic (exact) mass is 403 g/mol. The lowest BCUT2D eigenvalue weighted by Crippen LogP contribution is -2.46. The second-order valence-electron chi connectivity index (χ2n) is 7.78. The van der Waals surface area contributed by atoms with Crippen LogP contribution in [-0.4, -0.2) is 50.9 Å². The van der Waals surface area contributed by atoms with Gasteiger partial charge in [-0.25, -0.2) is 4.98 Å². The molecule has 1 aliphatic heterocycles. The fourth-order valence-electron chi connectivity index (χ4n) is 4.13. The van der Waals surface area contributed by atoms with Gasteiger partial charge < -0.3 is 0 Å². The zero-order valence-electron chi connectivity index (χ0n) is 16.8. The van der Waals surface area contributed by atoms with Crippen LogP contribution in [0.3, 0.4) is 0 Å². The van der Waals surface area contributed by atoms with Gasteiger partial charge in [-0.05, 0) is 50.4 Å². The number of rotatable bonds is 4. The number of fused-ring (bicyclic) bond motifs is 1. The summed E-state index contributed by atoms with van der Waals surface area (Å²) in [5.41, 5.74) is 4.43. The molecule has 1 unspecified atom stereocenters. The Morgan fingerprint density at radius 2 is 1.93 bits per heavy atom. The normalized spacial score (nSPS) is 18.5. The van der Waals surface area contributed by atoms with E-state index in [4.69, 9.17) is 4.98 Å². The summed E-state index contributed by atoms with van der Waals surface area (Å²) in [6.45, 7) is 6.36. The molecule has 1 aliphatic rings. The molecule has 0 aliphatic carbocycles. The minimum atomic E-state index is 0.301. The topological polar surface area (TPSA) is 36.7 Å². The predicted octanol–water partition coefficient (Wildman–Crippen LogP) is 4.25. The fourth-order valence-corrected chi connectivity index (χ4v) is 5.06. The Balaban J connectivity index is 1.44. The average molecular weight is 404 g/mol. The molecule has 0 N–H and O–H groups in total. The number of aromatic nitrogens is 3. The number of nitrogens with zero attached hydrogens (tertiary/aromatic N) is 5. The van der Waals surface area contributed by atoms with Crippen molar-refractivity contribution in [1.82, 2.24) is 24.2 Å². The molecule has 148 valence electrons. The van der Waals surface area contributed by atoms with Crippen molar-refractivity contribution in [1.29, 1.82) is 0 Å². The Hall–Kier alpha value is -2.54. The van der Waals surface area contributed by atoms with Crippen LogP contribution in [0.4, 0.5) is 0 Å². The van der Waals surface area contributed by atoms with Crippen LogP contribution in [0.15, 0.2) is 61.1 Å². The molecule has 1 saturated heterocycles. The summed E-state index contributed by atoms with van der Waals surface area (Å²) in [7, 11) is 2.21. The minimum Gasteiger partial charge on any atom is -0.299 e. The van der Waals surface area contributed by atoms with Crippen LogP contribution in [0.5, 0.6) is 0 Å². The first-order valence-electron chi connectivity index (χ1n) is 10.0. The van der Waals surface area contributed by atoms with Crippen molar-refractivity contribution in [2.75, 3.05) is 26.7 Å². The number of thiophene rings is 1. The van der Waals surface area contributed by atoms with E-state index in [0.717, 1.165) is 48.8 Å². The summed E-state index contributed by atoms with van der Waals surface area (Å²) >= 11 is 1.90. The maximum Gasteiger partial charge on any atom is 0.137 e. The quantitative estimate of drug-likeness (QED) is 0.510. The predicted molar refractivity (Wildman–Crippen MR) is 118 cm³/mol. The number of aryl methyl sites for hydroxylation is 1. The fraction of sp³-hybridized carbons (Fsp3) is 0.304. The molecule has 0 radical (unpaired) electrons. The lowest BCUT2D eigenvalue weighted by Gasteiger charge is -2.38. The van der Waals surface area contributed by atoms with Gasteiger partial charge in [-0.3, -0.25) is 19.2 Å². The molecule has 6 heteroatoms. The van der Waals surface area contributed by atoms with Crippen LogP contribution in [0.2, 0.25) is 0 Å². The van der Waals surface area contributed by atoms with E-state index in [1.54, 1.807) is 0 Å². The molecule has 5 rings (SSSR count). The van der Waals surface area contributed by atoms with Crippen LogP contribution in [0, 0.1) is 6.92 Å². The molecule has 0 spiro atoms. The van der Waals surface area contributed by atoms with E-state index < -0.39 is 0 Å². The second kappa shape index (κ2) is 7.71. The molecule has 0 aromatic carbocycles. The van der Waals surface area contributed by atoms with E-state index in [1.165, 1.54) is 9.75 Å². The lowest BCUT2D eigenvalue weighted by atomic mass is 10.1. The van der Waals surface area contributed by atoms with E-state index >= 15 is 0 Å². The third-order valence-corrected chi connectivity index (χ3v) is 6.72. The second-order valence-corrected chi connectivity index (χ2v) is 9.16. The summed E-state index contributed by atoms with van der Waals surface area (Å²) in [6.07, 6.45) is 5.89. The van der Waals surface area contributed by atoms with Crippen LogP contribution in [0.1, 0.15) is 21.5 Å². The maximum atomic E-state index is 5.00. The van der Waals surface area contributed by atoms with Crippen molar-refractivity contribution in [2.24, 2.45) is 0 Å². The maximum absolute atomic E-state index is 5.00. The van der Waals surface area contributed by atoms with Crippen molar-refractivity contribution in [3.8, 4) is 11.3 Å².